The molecule has 27 heavy (non-hydrogen) atoms. The van der Waals surface area contributed by atoms with E-state index >= 15 is 0 Å². The molecule has 2 aromatic rings. The van der Waals surface area contributed by atoms with E-state index < -0.39 is 0 Å². The van der Waals surface area contributed by atoms with Crippen LogP contribution in [0, 0.1) is 5.92 Å². The summed E-state index contributed by atoms with van der Waals surface area (Å²) >= 11 is 0. The van der Waals surface area contributed by atoms with Crippen LogP contribution in [0.2, 0.25) is 0 Å². The van der Waals surface area contributed by atoms with Gasteiger partial charge in [0.15, 0.2) is 0 Å². The van der Waals surface area contributed by atoms with Crippen LogP contribution in [0.15, 0.2) is 41.2 Å². The van der Waals surface area contributed by atoms with Crippen molar-refractivity contribution in [2.45, 2.75) is 38.8 Å². The van der Waals surface area contributed by atoms with E-state index in [2.05, 4.69) is 52.9 Å². The van der Waals surface area contributed by atoms with Crippen molar-refractivity contribution in [3.05, 3.63) is 52.3 Å². The van der Waals surface area contributed by atoms with E-state index in [1.165, 1.54) is 5.56 Å². The van der Waals surface area contributed by atoms with E-state index in [1.807, 2.05) is 6.07 Å². The molecule has 1 N–H and O–H groups in total. The van der Waals surface area contributed by atoms with Crippen LogP contribution in [0.4, 0.5) is 11.8 Å². The molecule has 0 unspecified atom stereocenters. The zero-order valence-electron chi connectivity index (χ0n) is 16.1. The molecule has 0 saturated carbocycles. The predicted octanol–water partition coefficient (Wildman–Crippen LogP) is 2.45. The highest BCUT2D eigenvalue weighted by Crippen LogP contribution is 2.29. The van der Waals surface area contributed by atoms with Gasteiger partial charge in [-0.1, -0.05) is 37.3 Å². The summed E-state index contributed by atoms with van der Waals surface area (Å²) in [6.07, 6.45) is 2.23. The third-order valence-corrected chi connectivity index (χ3v) is 5.49. The van der Waals surface area contributed by atoms with Crippen LogP contribution in [0.3, 0.4) is 0 Å². The van der Waals surface area contributed by atoms with Gasteiger partial charge < -0.3 is 14.5 Å². The molecule has 4 rings (SSSR count). The number of ether oxygens (including phenoxy) is 1. The van der Waals surface area contributed by atoms with Gasteiger partial charge in [0, 0.05) is 31.7 Å². The molecule has 3 atom stereocenters. The molecule has 1 aromatic carbocycles. The Bertz CT molecular complexity index is 822. The Hall–Kier alpha value is -2.34. The normalized spacial score (nSPS) is 25.8. The van der Waals surface area contributed by atoms with Crippen molar-refractivity contribution in [2.75, 3.05) is 36.0 Å². The van der Waals surface area contributed by atoms with E-state index in [4.69, 9.17) is 9.72 Å². The number of nitrogens with one attached hydrogen (secondary N) is 1. The van der Waals surface area contributed by atoms with Crippen LogP contribution < -0.4 is 15.4 Å². The van der Waals surface area contributed by atoms with Gasteiger partial charge in [0.1, 0.15) is 5.82 Å². The highest BCUT2D eigenvalue weighted by atomic mass is 16.5. The lowest BCUT2D eigenvalue weighted by Crippen LogP contribution is -2.42. The fourth-order valence-corrected chi connectivity index (χ4v) is 4.25. The molecule has 6 heteroatoms. The molecule has 144 valence electrons. The largest absolute Gasteiger partial charge is 0.375 e. The number of aromatic amines is 1. The van der Waals surface area contributed by atoms with Gasteiger partial charge in [0.05, 0.1) is 12.7 Å². The zero-order chi connectivity index (χ0) is 18.8. The second-order valence-electron chi connectivity index (χ2n) is 7.89. The molecule has 0 bridgehead atoms. The molecule has 2 aliphatic rings. The Kier molecular flexibility index (Phi) is 5.16. The fraction of sp³-hybridized carbons (Fsp3) is 0.524. The number of aromatic nitrogens is 2. The van der Waals surface area contributed by atoms with E-state index in [0.29, 0.717) is 24.5 Å². The van der Waals surface area contributed by atoms with Crippen molar-refractivity contribution in [1.29, 1.82) is 0 Å². The topological polar surface area (TPSA) is 61.5 Å². The number of nitrogens with zero attached hydrogens (tertiary/aromatic N) is 3. The molecule has 6 nitrogen and oxygen atoms in total. The van der Waals surface area contributed by atoms with Crippen LogP contribution in [0.25, 0.3) is 0 Å². The lowest BCUT2D eigenvalue weighted by Gasteiger charge is -2.33. The number of H-pyrrole nitrogens is 1. The van der Waals surface area contributed by atoms with Crippen molar-refractivity contribution in [1.82, 2.24) is 9.97 Å². The first-order valence-corrected chi connectivity index (χ1v) is 9.87. The maximum absolute atomic E-state index is 12.4. The van der Waals surface area contributed by atoms with Crippen LogP contribution in [0.5, 0.6) is 0 Å². The summed E-state index contributed by atoms with van der Waals surface area (Å²) in [5.74, 6) is 2.03. The quantitative estimate of drug-likeness (QED) is 0.898. The smallest absolute Gasteiger partial charge is 0.254 e. The molecule has 0 amide bonds. The molecular weight excluding hydrogens is 340 g/mol. The third-order valence-electron chi connectivity index (χ3n) is 5.49. The highest BCUT2D eigenvalue weighted by Gasteiger charge is 2.32. The van der Waals surface area contributed by atoms with Gasteiger partial charge in [-0.25, -0.2) is 0 Å². The second kappa shape index (κ2) is 7.72. The monoisotopic (exact) mass is 368 g/mol. The summed E-state index contributed by atoms with van der Waals surface area (Å²) in [4.78, 5) is 24.6. The number of morpholine rings is 1. The minimum absolute atomic E-state index is 0.0906. The van der Waals surface area contributed by atoms with Crippen molar-refractivity contribution >= 4 is 11.8 Å². The SMILES string of the molecule is C[C@@H]1C[C@@H](Cc2ccccc2)N(c2nc(N3CCO[C@H](C)C3)cc(=O)[nH]2)C1. The van der Waals surface area contributed by atoms with Crippen molar-refractivity contribution < 1.29 is 4.74 Å². The summed E-state index contributed by atoms with van der Waals surface area (Å²) in [6, 6.07) is 12.5. The number of benzene rings is 1. The Morgan fingerprint density at radius 1 is 1.22 bits per heavy atom. The maximum atomic E-state index is 12.4. The molecule has 1 aromatic heterocycles. The highest BCUT2D eigenvalue weighted by molar-refractivity contribution is 5.45. The molecule has 3 heterocycles. The Morgan fingerprint density at radius 2 is 2.04 bits per heavy atom. The van der Waals surface area contributed by atoms with E-state index in [0.717, 1.165) is 38.3 Å². The first-order valence-electron chi connectivity index (χ1n) is 9.87. The lowest BCUT2D eigenvalue weighted by molar-refractivity contribution is 0.0529. The van der Waals surface area contributed by atoms with Gasteiger partial charge in [-0.05, 0) is 31.2 Å². The summed E-state index contributed by atoms with van der Waals surface area (Å²) in [6.45, 7) is 7.44. The molecule has 0 aliphatic carbocycles. The molecule has 0 spiro atoms. The molecule has 2 aliphatic heterocycles. The second-order valence-corrected chi connectivity index (χ2v) is 7.89. The minimum Gasteiger partial charge on any atom is -0.375 e. The van der Waals surface area contributed by atoms with Crippen molar-refractivity contribution in [3.8, 4) is 0 Å². The van der Waals surface area contributed by atoms with Gasteiger partial charge in [-0.15, -0.1) is 0 Å². The van der Waals surface area contributed by atoms with Gasteiger partial charge in [0.2, 0.25) is 5.95 Å². The van der Waals surface area contributed by atoms with Crippen molar-refractivity contribution in [3.63, 3.8) is 0 Å². The van der Waals surface area contributed by atoms with Crippen molar-refractivity contribution in [2.24, 2.45) is 5.92 Å². The first kappa shape index (κ1) is 18.0. The molecular formula is C21H28N4O2. The van der Waals surface area contributed by atoms with E-state index in [9.17, 15) is 4.79 Å². The number of anilines is 2. The maximum Gasteiger partial charge on any atom is 0.254 e. The Balaban J connectivity index is 1.60. The van der Waals surface area contributed by atoms with Gasteiger partial charge in [-0.3, -0.25) is 9.78 Å². The molecule has 2 fully saturated rings. The summed E-state index contributed by atoms with van der Waals surface area (Å²) in [7, 11) is 0. The fourth-order valence-electron chi connectivity index (χ4n) is 4.25. The molecule has 2 saturated heterocycles. The Labute approximate surface area is 160 Å². The van der Waals surface area contributed by atoms with Crippen LogP contribution in [-0.4, -0.2) is 48.4 Å². The van der Waals surface area contributed by atoms with Crippen LogP contribution in [0.1, 0.15) is 25.8 Å². The standard InChI is InChI=1S/C21H28N4O2/c1-15-10-18(11-17-6-4-3-5-7-17)25(13-15)21-22-19(12-20(26)23-21)24-8-9-27-16(2)14-24/h3-7,12,15-16,18H,8-11,13-14H2,1-2H3,(H,22,23,26)/t15-,16-,18+/m1/s1. The number of rotatable bonds is 4. The summed E-state index contributed by atoms with van der Waals surface area (Å²) < 4.78 is 5.62. The number of hydrogen-bond acceptors (Lipinski definition) is 5. The van der Waals surface area contributed by atoms with E-state index in [1.54, 1.807) is 6.07 Å². The summed E-state index contributed by atoms with van der Waals surface area (Å²) in [5, 5.41) is 0. The van der Waals surface area contributed by atoms with Gasteiger partial charge in [0.25, 0.3) is 5.56 Å². The zero-order valence-corrected chi connectivity index (χ0v) is 16.1. The first-order chi connectivity index (χ1) is 13.1. The Morgan fingerprint density at radius 3 is 2.81 bits per heavy atom. The van der Waals surface area contributed by atoms with Gasteiger partial charge in [-0.2, -0.15) is 4.98 Å². The van der Waals surface area contributed by atoms with Crippen LogP contribution in [-0.2, 0) is 11.2 Å². The van der Waals surface area contributed by atoms with Gasteiger partial charge >= 0.3 is 0 Å². The summed E-state index contributed by atoms with van der Waals surface area (Å²) in [5.41, 5.74) is 1.23. The van der Waals surface area contributed by atoms with Crippen LogP contribution >= 0.6 is 0 Å². The average Bonchev–Trinajstić information content (AvgIpc) is 3.02. The number of hydrogen-bond donors (Lipinski definition) is 1. The molecule has 0 radical (unpaired) electrons. The lowest BCUT2D eigenvalue weighted by atomic mass is 10.0. The third kappa shape index (κ3) is 4.16. The average molecular weight is 368 g/mol. The minimum atomic E-state index is -0.0906. The van der Waals surface area contributed by atoms with E-state index in [-0.39, 0.29) is 11.7 Å². The predicted molar refractivity (Wildman–Crippen MR) is 108 cm³/mol.